The molecule has 1 aliphatic rings. The summed E-state index contributed by atoms with van der Waals surface area (Å²) in [6, 6.07) is 13.5. The van der Waals surface area contributed by atoms with Crippen molar-refractivity contribution in [1.29, 1.82) is 0 Å². The highest BCUT2D eigenvalue weighted by molar-refractivity contribution is 5.85. The van der Waals surface area contributed by atoms with Crippen LogP contribution in [-0.4, -0.2) is 45.4 Å². The predicted molar refractivity (Wildman–Crippen MR) is 109 cm³/mol. The summed E-state index contributed by atoms with van der Waals surface area (Å²) in [6.07, 6.45) is 3.19. The Bertz CT molecular complexity index is 909. The molecule has 9 heteroatoms. The lowest BCUT2D eigenvalue weighted by molar-refractivity contribution is -0.125. The van der Waals surface area contributed by atoms with Crippen LogP contribution in [-0.2, 0) is 4.79 Å². The third-order valence-electron chi connectivity index (χ3n) is 5.06. The normalized spacial score (nSPS) is 15.8. The minimum absolute atomic E-state index is 0. The van der Waals surface area contributed by atoms with Gasteiger partial charge in [0.2, 0.25) is 5.91 Å². The molecular weight excluding hydrogens is 378 g/mol. The lowest BCUT2D eigenvalue weighted by Gasteiger charge is -2.32. The first kappa shape index (κ1) is 20.0. The fraction of sp³-hybridized carbons (Fsp3) is 0.368. The summed E-state index contributed by atoms with van der Waals surface area (Å²) in [5, 5.41) is 15.3. The molecule has 1 aliphatic heterocycles. The maximum atomic E-state index is 12.5. The van der Waals surface area contributed by atoms with Crippen LogP contribution < -0.4 is 16.0 Å². The number of hydrogen-bond donors (Lipinski definition) is 2. The van der Waals surface area contributed by atoms with E-state index >= 15 is 0 Å². The number of carbonyl (C=O) groups excluding carboxylic acids is 1. The van der Waals surface area contributed by atoms with E-state index in [-0.39, 0.29) is 30.3 Å². The first-order valence-electron chi connectivity index (χ1n) is 9.21. The van der Waals surface area contributed by atoms with Gasteiger partial charge in [0, 0.05) is 31.6 Å². The van der Waals surface area contributed by atoms with Crippen molar-refractivity contribution < 1.29 is 4.79 Å². The van der Waals surface area contributed by atoms with Crippen LogP contribution in [0, 0.1) is 5.92 Å². The van der Waals surface area contributed by atoms with Gasteiger partial charge in [-0.05, 0) is 30.5 Å². The largest absolute Gasteiger partial charge is 0.355 e. The molecule has 3 aromatic rings. The molecule has 148 valence electrons. The fourth-order valence-corrected chi connectivity index (χ4v) is 3.43. The van der Waals surface area contributed by atoms with E-state index in [0.29, 0.717) is 6.54 Å². The van der Waals surface area contributed by atoms with E-state index in [1.807, 2.05) is 42.5 Å². The van der Waals surface area contributed by atoms with Crippen molar-refractivity contribution in [3.8, 4) is 0 Å². The fourth-order valence-electron chi connectivity index (χ4n) is 3.43. The number of anilines is 1. The number of nitrogens with zero attached hydrogens (tertiary/aromatic N) is 5. The second kappa shape index (κ2) is 8.99. The quantitative estimate of drug-likeness (QED) is 0.673. The molecule has 1 atom stereocenters. The van der Waals surface area contributed by atoms with Gasteiger partial charge in [-0.3, -0.25) is 4.79 Å². The molecule has 0 radical (unpaired) electrons. The molecule has 1 saturated heterocycles. The van der Waals surface area contributed by atoms with E-state index in [1.54, 1.807) is 10.8 Å². The number of aromatic nitrogens is 4. The zero-order chi connectivity index (χ0) is 18.6. The van der Waals surface area contributed by atoms with Gasteiger partial charge in [-0.2, -0.15) is 4.52 Å². The van der Waals surface area contributed by atoms with E-state index in [2.05, 4.69) is 25.5 Å². The first-order valence-corrected chi connectivity index (χ1v) is 9.21. The highest BCUT2D eigenvalue weighted by Gasteiger charge is 2.26. The van der Waals surface area contributed by atoms with Gasteiger partial charge in [0.1, 0.15) is 12.1 Å². The number of halogens is 1. The SMILES string of the molecule is Cl.NC(CNC(=O)C1CCN(c2ccc3nncn3n2)CC1)c1ccccc1. The number of rotatable bonds is 5. The summed E-state index contributed by atoms with van der Waals surface area (Å²) >= 11 is 0. The standard InChI is InChI=1S/C19H23N7O.ClH/c20-16(14-4-2-1-3-5-14)12-21-19(27)15-8-10-25(11-9-15)18-7-6-17-23-22-13-26(17)24-18;/h1-7,13,15-16H,8-12,20H2,(H,21,27);1H. The molecule has 2 aromatic heterocycles. The number of carbonyl (C=O) groups is 1. The van der Waals surface area contributed by atoms with Crippen LogP contribution in [0.4, 0.5) is 5.82 Å². The average molecular weight is 402 g/mol. The molecule has 1 amide bonds. The zero-order valence-electron chi connectivity index (χ0n) is 15.4. The maximum absolute atomic E-state index is 12.5. The minimum atomic E-state index is -0.185. The van der Waals surface area contributed by atoms with Gasteiger partial charge >= 0.3 is 0 Å². The van der Waals surface area contributed by atoms with Crippen LogP contribution in [0.5, 0.6) is 0 Å². The van der Waals surface area contributed by atoms with Crippen LogP contribution in [0.3, 0.4) is 0 Å². The summed E-state index contributed by atoms with van der Waals surface area (Å²) < 4.78 is 1.67. The summed E-state index contributed by atoms with van der Waals surface area (Å²) in [6.45, 7) is 2.04. The van der Waals surface area contributed by atoms with Crippen molar-refractivity contribution in [2.75, 3.05) is 24.5 Å². The highest BCUT2D eigenvalue weighted by Crippen LogP contribution is 2.22. The van der Waals surface area contributed by atoms with Gasteiger partial charge in [0.05, 0.1) is 0 Å². The van der Waals surface area contributed by atoms with Gasteiger partial charge in [-0.15, -0.1) is 27.7 Å². The van der Waals surface area contributed by atoms with Crippen LogP contribution in [0.25, 0.3) is 5.65 Å². The Morgan fingerprint density at radius 3 is 2.68 bits per heavy atom. The van der Waals surface area contributed by atoms with Crippen molar-refractivity contribution in [2.24, 2.45) is 11.7 Å². The summed E-state index contributed by atoms with van der Waals surface area (Å²) in [4.78, 5) is 14.7. The summed E-state index contributed by atoms with van der Waals surface area (Å²) in [5.74, 6) is 0.985. The van der Waals surface area contributed by atoms with Crippen molar-refractivity contribution in [1.82, 2.24) is 25.1 Å². The van der Waals surface area contributed by atoms with Crippen molar-refractivity contribution >= 4 is 29.8 Å². The van der Waals surface area contributed by atoms with Crippen LogP contribution in [0.15, 0.2) is 48.8 Å². The highest BCUT2D eigenvalue weighted by atomic mass is 35.5. The number of amides is 1. The molecule has 1 aromatic carbocycles. The van der Waals surface area contributed by atoms with Crippen molar-refractivity contribution in [2.45, 2.75) is 18.9 Å². The Kier molecular flexibility index (Phi) is 6.43. The second-order valence-electron chi connectivity index (χ2n) is 6.85. The van der Waals surface area contributed by atoms with E-state index in [9.17, 15) is 4.79 Å². The molecule has 4 rings (SSSR count). The molecule has 1 fully saturated rings. The van der Waals surface area contributed by atoms with Crippen LogP contribution in [0.2, 0.25) is 0 Å². The topological polar surface area (TPSA) is 101 Å². The second-order valence-corrected chi connectivity index (χ2v) is 6.85. The monoisotopic (exact) mass is 401 g/mol. The Morgan fingerprint density at radius 2 is 1.93 bits per heavy atom. The summed E-state index contributed by atoms with van der Waals surface area (Å²) in [5.41, 5.74) is 7.92. The number of hydrogen-bond acceptors (Lipinski definition) is 6. The molecule has 1 unspecified atom stereocenters. The van der Waals surface area contributed by atoms with Crippen molar-refractivity contribution in [3.63, 3.8) is 0 Å². The molecule has 0 aliphatic carbocycles. The van der Waals surface area contributed by atoms with E-state index in [1.165, 1.54) is 0 Å². The third-order valence-corrected chi connectivity index (χ3v) is 5.06. The molecule has 0 spiro atoms. The smallest absolute Gasteiger partial charge is 0.223 e. The molecule has 0 saturated carbocycles. The number of fused-ring (bicyclic) bond motifs is 1. The zero-order valence-corrected chi connectivity index (χ0v) is 16.3. The summed E-state index contributed by atoms with van der Waals surface area (Å²) in [7, 11) is 0. The maximum Gasteiger partial charge on any atom is 0.223 e. The van der Waals surface area contributed by atoms with E-state index in [4.69, 9.17) is 5.73 Å². The first-order chi connectivity index (χ1) is 13.2. The minimum Gasteiger partial charge on any atom is -0.355 e. The Morgan fingerprint density at radius 1 is 1.18 bits per heavy atom. The number of piperidine rings is 1. The lowest BCUT2D eigenvalue weighted by Crippen LogP contribution is -2.42. The molecule has 3 heterocycles. The Labute approximate surface area is 169 Å². The van der Waals surface area contributed by atoms with Gasteiger partial charge in [0.15, 0.2) is 5.65 Å². The van der Waals surface area contributed by atoms with Gasteiger partial charge < -0.3 is 16.0 Å². The lowest BCUT2D eigenvalue weighted by atomic mass is 9.95. The molecule has 28 heavy (non-hydrogen) atoms. The van der Waals surface area contributed by atoms with Crippen LogP contribution in [0.1, 0.15) is 24.4 Å². The number of nitrogens with one attached hydrogen (secondary N) is 1. The third kappa shape index (κ3) is 4.40. The molecule has 3 N–H and O–H groups in total. The predicted octanol–water partition coefficient (Wildman–Crippen LogP) is 1.58. The average Bonchev–Trinajstić information content (AvgIpc) is 3.20. The Balaban J connectivity index is 0.00000225. The van der Waals surface area contributed by atoms with E-state index in [0.717, 1.165) is 43.0 Å². The Hall–Kier alpha value is -2.71. The van der Waals surface area contributed by atoms with Gasteiger partial charge in [-0.25, -0.2) is 0 Å². The molecule has 8 nitrogen and oxygen atoms in total. The van der Waals surface area contributed by atoms with Gasteiger partial charge in [-0.1, -0.05) is 30.3 Å². The van der Waals surface area contributed by atoms with Gasteiger partial charge in [0.25, 0.3) is 0 Å². The van der Waals surface area contributed by atoms with E-state index < -0.39 is 0 Å². The van der Waals surface area contributed by atoms with Crippen molar-refractivity contribution in [3.05, 3.63) is 54.4 Å². The number of benzene rings is 1. The molecular formula is C19H24ClN7O. The number of nitrogens with two attached hydrogens (primary N) is 1. The van der Waals surface area contributed by atoms with Crippen LogP contribution >= 0.6 is 12.4 Å². The molecule has 0 bridgehead atoms.